The molecule has 3 N–H and O–H groups in total. The van der Waals surface area contributed by atoms with Crippen LogP contribution in [0.15, 0.2) is 0 Å². The average molecular weight is 1280 g/mol. The molecule has 0 bridgehead atoms. The normalized spacial score (nSPS) is 14.6. The summed E-state index contributed by atoms with van der Waals surface area (Å²) in [5.41, 5.74) is 0. The molecule has 0 heterocycles. The molecule has 0 aliphatic heterocycles. The molecule has 0 aromatic heterocycles. The summed E-state index contributed by atoms with van der Waals surface area (Å²) in [4.78, 5) is 72.2. The van der Waals surface area contributed by atoms with Gasteiger partial charge < -0.3 is 33.8 Å². The second-order valence-corrected chi connectivity index (χ2v) is 28.7. The highest BCUT2D eigenvalue weighted by Gasteiger charge is 2.30. The smallest absolute Gasteiger partial charge is 0.462 e. The second-order valence-electron chi connectivity index (χ2n) is 25.8. The Morgan fingerprint density at radius 3 is 0.874 bits per heavy atom. The van der Waals surface area contributed by atoms with Crippen molar-refractivity contribution < 1.29 is 80.2 Å². The van der Waals surface area contributed by atoms with Gasteiger partial charge in [0.2, 0.25) is 0 Å². The van der Waals surface area contributed by atoms with E-state index in [1.165, 1.54) is 141 Å². The van der Waals surface area contributed by atoms with Crippen LogP contribution in [0.25, 0.3) is 0 Å². The monoisotopic (exact) mass is 1280 g/mol. The molecule has 0 spiro atoms. The zero-order valence-corrected chi connectivity index (χ0v) is 58.3. The highest BCUT2D eigenvalue weighted by atomic mass is 31.2. The van der Waals surface area contributed by atoms with Gasteiger partial charge in [-0.3, -0.25) is 37.3 Å². The van der Waals surface area contributed by atoms with Gasteiger partial charge in [-0.25, -0.2) is 9.13 Å². The van der Waals surface area contributed by atoms with Crippen LogP contribution in [0.4, 0.5) is 0 Å². The summed E-state index contributed by atoms with van der Waals surface area (Å²) in [5, 5.41) is 10.5. The fourth-order valence-corrected chi connectivity index (χ4v) is 11.7. The van der Waals surface area contributed by atoms with E-state index in [1.54, 1.807) is 0 Å². The lowest BCUT2D eigenvalue weighted by Gasteiger charge is -2.21. The molecule has 0 saturated heterocycles. The van der Waals surface area contributed by atoms with Crippen LogP contribution in [0.5, 0.6) is 0 Å². The third-order valence-electron chi connectivity index (χ3n) is 16.0. The summed E-state index contributed by atoms with van der Waals surface area (Å²) in [5.74, 6) is 0.187. The molecule has 0 aliphatic rings. The van der Waals surface area contributed by atoms with Crippen LogP contribution in [-0.2, 0) is 65.4 Å². The summed E-state index contributed by atoms with van der Waals surface area (Å²) in [7, 11) is -9.89. The Morgan fingerprint density at radius 2 is 0.586 bits per heavy atom. The van der Waals surface area contributed by atoms with E-state index in [-0.39, 0.29) is 25.7 Å². The van der Waals surface area contributed by atoms with Gasteiger partial charge in [0, 0.05) is 25.7 Å². The third-order valence-corrected chi connectivity index (χ3v) is 17.9. The second kappa shape index (κ2) is 59.1. The highest BCUT2D eigenvalue weighted by molar-refractivity contribution is 7.47. The number of aliphatic hydroxyl groups excluding tert-OH is 1. The van der Waals surface area contributed by atoms with Crippen LogP contribution in [-0.4, -0.2) is 96.7 Å². The molecule has 0 radical (unpaired) electrons. The van der Waals surface area contributed by atoms with Crippen LogP contribution in [0.2, 0.25) is 0 Å². The quantitative estimate of drug-likeness (QED) is 0.0222. The standard InChI is InChI=1S/C68H132O17P2/c1-8-10-11-32-42-49-65(70)78-55-63(84-68(73)52-45-38-31-25-24-28-35-41-48-61(7)9-2)57-82-86(74,75)80-53-62(69)54-81-87(76,77)83-58-64(56-79-66(71)50-43-36-29-22-19-15-17-21-27-34-40-47-60(5)6)85-67(72)51-44-37-30-23-18-14-12-13-16-20-26-33-39-46-59(3)4/h59-64,69H,8-58H2,1-7H3,(H,74,75)(H,76,77)/t61?,62-,63+,64+/m0/s1. The number of hydrogen-bond donors (Lipinski definition) is 3. The van der Waals surface area contributed by atoms with Crippen molar-refractivity contribution in [2.24, 2.45) is 17.8 Å². The fraction of sp³-hybridized carbons (Fsp3) is 0.941. The molecule has 0 amide bonds. The predicted molar refractivity (Wildman–Crippen MR) is 349 cm³/mol. The molecule has 19 heteroatoms. The Bertz CT molecular complexity index is 1720. The first-order valence-corrected chi connectivity index (χ1v) is 38.4. The van der Waals surface area contributed by atoms with Gasteiger partial charge in [0.05, 0.1) is 26.4 Å². The van der Waals surface area contributed by atoms with Gasteiger partial charge in [-0.2, -0.15) is 0 Å². The van der Waals surface area contributed by atoms with Crippen molar-refractivity contribution >= 4 is 39.5 Å². The van der Waals surface area contributed by atoms with E-state index in [0.717, 1.165) is 114 Å². The molecule has 0 aromatic carbocycles. The SMILES string of the molecule is CCCCCCCC(=O)OC[C@H](COP(=O)(O)OC[C@H](O)COP(=O)(O)OC[C@@H](COC(=O)CCCCCCCCCCCCCC(C)C)OC(=O)CCCCCCCCCCCCCCCC(C)C)OC(=O)CCCCCCCCCCC(C)CC. The van der Waals surface area contributed by atoms with Gasteiger partial charge in [0.1, 0.15) is 19.3 Å². The molecular formula is C68H132O17P2. The van der Waals surface area contributed by atoms with Gasteiger partial charge in [0.25, 0.3) is 0 Å². The van der Waals surface area contributed by atoms with Gasteiger partial charge in [-0.05, 0) is 43.4 Å². The first-order valence-electron chi connectivity index (χ1n) is 35.4. The number of rotatable bonds is 66. The molecule has 0 fully saturated rings. The van der Waals surface area contributed by atoms with Crippen LogP contribution in [0, 0.1) is 17.8 Å². The van der Waals surface area contributed by atoms with Crippen molar-refractivity contribution in [2.75, 3.05) is 39.6 Å². The fourth-order valence-electron chi connectivity index (χ4n) is 10.2. The maximum atomic E-state index is 13.0. The Labute approximate surface area is 530 Å². The minimum absolute atomic E-state index is 0.104. The molecule has 6 atom stereocenters. The number of esters is 4. The van der Waals surface area contributed by atoms with Crippen molar-refractivity contribution in [1.82, 2.24) is 0 Å². The van der Waals surface area contributed by atoms with E-state index in [4.69, 9.17) is 37.0 Å². The maximum Gasteiger partial charge on any atom is 0.472 e. The lowest BCUT2D eigenvalue weighted by atomic mass is 9.99. The van der Waals surface area contributed by atoms with Crippen LogP contribution < -0.4 is 0 Å². The molecule has 17 nitrogen and oxygen atoms in total. The molecule has 0 aromatic rings. The third kappa shape index (κ3) is 61.3. The summed E-state index contributed by atoms with van der Waals surface area (Å²) < 4.78 is 68.0. The van der Waals surface area contributed by atoms with E-state index in [9.17, 15) is 43.2 Å². The van der Waals surface area contributed by atoms with E-state index < -0.39 is 97.5 Å². The lowest BCUT2D eigenvalue weighted by molar-refractivity contribution is -0.161. The van der Waals surface area contributed by atoms with Crippen molar-refractivity contribution in [3.05, 3.63) is 0 Å². The largest absolute Gasteiger partial charge is 0.472 e. The number of carbonyl (C=O) groups is 4. The lowest BCUT2D eigenvalue weighted by Crippen LogP contribution is -2.30. The molecule has 3 unspecified atom stereocenters. The first kappa shape index (κ1) is 85.1. The van der Waals surface area contributed by atoms with E-state index in [1.807, 2.05) is 0 Å². The van der Waals surface area contributed by atoms with E-state index in [0.29, 0.717) is 25.7 Å². The zero-order chi connectivity index (χ0) is 64.5. The Hall–Kier alpha value is -1.94. The number of phosphoric acid groups is 2. The average Bonchev–Trinajstić information content (AvgIpc) is 3.66. The molecule has 0 aliphatic carbocycles. The van der Waals surface area contributed by atoms with Crippen molar-refractivity contribution in [3.8, 4) is 0 Å². The highest BCUT2D eigenvalue weighted by Crippen LogP contribution is 2.45. The minimum atomic E-state index is -4.95. The number of ether oxygens (including phenoxy) is 4. The molecular weight excluding hydrogens is 1150 g/mol. The van der Waals surface area contributed by atoms with Crippen LogP contribution in [0.3, 0.4) is 0 Å². The molecule has 0 rings (SSSR count). The Morgan fingerprint density at radius 1 is 0.333 bits per heavy atom. The maximum absolute atomic E-state index is 13.0. The number of aliphatic hydroxyl groups is 1. The van der Waals surface area contributed by atoms with Gasteiger partial charge in [0.15, 0.2) is 12.2 Å². The molecule has 0 saturated carbocycles. The summed E-state index contributed by atoms with van der Waals surface area (Å²) in [6, 6.07) is 0. The van der Waals surface area contributed by atoms with Crippen molar-refractivity contribution in [3.63, 3.8) is 0 Å². The van der Waals surface area contributed by atoms with Gasteiger partial charge in [-0.1, -0.05) is 286 Å². The van der Waals surface area contributed by atoms with Gasteiger partial charge >= 0.3 is 39.5 Å². The number of carbonyl (C=O) groups excluding carboxylic acids is 4. The number of phosphoric ester groups is 2. The molecule has 516 valence electrons. The van der Waals surface area contributed by atoms with E-state index in [2.05, 4.69) is 48.5 Å². The molecule has 87 heavy (non-hydrogen) atoms. The summed E-state index contributed by atoms with van der Waals surface area (Å²) >= 11 is 0. The first-order chi connectivity index (χ1) is 41.8. The summed E-state index contributed by atoms with van der Waals surface area (Å²) in [6.45, 7) is 11.8. The number of hydrogen-bond acceptors (Lipinski definition) is 15. The topological polar surface area (TPSA) is 237 Å². The Kier molecular flexibility index (Phi) is 57.8. The van der Waals surface area contributed by atoms with E-state index >= 15 is 0 Å². The van der Waals surface area contributed by atoms with Crippen molar-refractivity contribution in [2.45, 2.75) is 356 Å². The number of unbranched alkanes of at least 4 members (excludes halogenated alkanes) is 33. The minimum Gasteiger partial charge on any atom is -0.462 e. The van der Waals surface area contributed by atoms with Crippen molar-refractivity contribution in [1.29, 1.82) is 0 Å². The zero-order valence-electron chi connectivity index (χ0n) is 56.5. The summed E-state index contributed by atoms with van der Waals surface area (Å²) in [6.07, 6.45) is 42.0. The van der Waals surface area contributed by atoms with Crippen LogP contribution >= 0.6 is 15.6 Å². The Balaban J connectivity index is 5.18. The van der Waals surface area contributed by atoms with Crippen LogP contribution in [0.1, 0.15) is 337 Å². The predicted octanol–water partition coefficient (Wildman–Crippen LogP) is 19.1. The van der Waals surface area contributed by atoms with Gasteiger partial charge in [-0.15, -0.1) is 0 Å².